The summed E-state index contributed by atoms with van der Waals surface area (Å²) in [7, 11) is 0. The Bertz CT molecular complexity index is 557. The summed E-state index contributed by atoms with van der Waals surface area (Å²) in [5.41, 5.74) is 0.114. The SMILES string of the molecule is CC(Nc1nc(Cl)ccc1C(=O)O)c1cccs1. The van der Waals surface area contributed by atoms with Crippen molar-refractivity contribution in [3.05, 3.63) is 45.2 Å². The second kappa shape index (κ2) is 5.37. The molecule has 0 saturated heterocycles. The van der Waals surface area contributed by atoms with Crippen molar-refractivity contribution in [2.75, 3.05) is 5.32 Å². The zero-order valence-corrected chi connectivity index (χ0v) is 11.1. The highest BCUT2D eigenvalue weighted by Gasteiger charge is 2.15. The van der Waals surface area contributed by atoms with E-state index in [0.717, 1.165) is 4.88 Å². The van der Waals surface area contributed by atoms with Gasteiger partial charge in [0.1, 0.15) is 16.5 Å². The number of nitrogens with zero attached hydrogens (tertiary/aromatic N) is 1. The summed E-state index contributed by atoms with van der Waals surface area (Å²) in [6.07, 6.45) is 0. The van der Waals surface area contributed by atoms with Crippen molar-refractivity contribution >= 4 is 34.7 Å². The molecule has 0 aliphatic heterocycles. The van der Waals surface area contributed by atoms with Gasteiger partial charge in [-0.1, -0.05) is 17.7 Å². The zero-order chi connectivity index (χ0) is 13.1. The lowest BCUT2D eigenvalue weighted by Gasteiger charge is -2.14. The number of carbonyl (C=O) groups is 1. The lowest BCUT2D eigenvalue weighted by atomic mass is 10.2. The minimum atomic E-state index is -1.03. The number of carboxylic acids is 1. The average molecular weight is 283 g/mol. The maximum absolute atomic E-state index is 11.1. The van der Waals surface area contributed by atoms with Crippen molar-refractivity contribution in [2.45, 2.75) is 13.0 Å². The van der Waals surface area contributed by atoms with E-state index in [1.165, 1.54) is 12.1 Å². The zero-order valence-electron chi connectivity index (χ0n) is 9.55. The average Bonchev–Trinajstić information content (AvgIpc) is 2.81. The number of pyridine rings is 1. The summed E-state index contributed by atoms with van der Waals surface area (Å²) in [6, 6.07) is 6.82. The Morgan fingerprint density at radius 2 is 2.28 bits per heavy atom. The molecule has 0 aromatic carbocycles. The molecule has 18 heavy (non-hydrogen) atoms. The van der Waals surface area contributed by atoms with Crippen LogP contribution in [0.3, 0.4) is 0 Å². The Morgan fingerprint density at radius 1 is 1.50 bits per heavy atom. The number of rotatable bonds is 4. The molecule has 2 aromatic heterocycles. The molecule has 4 nitrogen and oxygen atoms in total. The van der Waals surface area contributed by atoms with E-state index in [9.17, 15) is 4.79 Å². The van der Waals surface area contributed by atoms with E-state index in [0.29, 0.717) is 0 Å². The molecule has 2 aromatic rings. The lowest BCUT2D eigenvalue weighted by molar-refractivity contribution is 0.0697. The van der Waals surface area contributed by atoms with Gasteiger partial charge in [-0.2, -0.15) is 0 Å². The normalized spacial score (nSPS) is 12.1. The minimum absolute atomic E-state index is 0.0194. The van der Waals surface area contributed by atoms with Gasteiger partial charge in [0.15, 0.2) is 0 Å². The molecular weight excluding hydrogens is 272 g/mol. The predicted molar refractivity (Wildman–Crippen MR) is 72.6 cm³/mol. The molecule has 0 aliphatic rings. The van der Waals surface area contributed by atoms with Crippen molar-refractivity contribution in [1.82, 2.24) is 4.98 Å². The lowest BCUT2D eigenvalue weighted by Crippen LogP contribution is -2.11. The molecule has 6 heteroatoms. The van der Waals surface area contributed by atoms with E-state index in [1.54, 1.807) is 11.3 Å². The molecule has 0 amide bonds. The Labute approximate surface area is 113 Å². The number of aromatic carboxylic acids is 1. The summed E-state index contributed by atoms with van der Waals surface area (Å²) < 4.78 is 0. The Kier molecular flexibility index (Phi) is 3.84. The van der Waals surface area contributed by atoms with Gasteiger partial charge in [-0.25, -0.2) is 9.78 Å². The van der Waals surface area contributed by atoms with Gasteiger partial charge in [-0.15, -0.1) is 11.3 Å². The molecule has 0 spiro atoms. The van der Waals surface area contributed by atoms with Crippen LogP contribution in [0, 0.1) is 0 Å². The number of halogens is 1. The van der Waals surface area contributed by atoms with Gasteiger partial charge in [-0.05, 0) is 30.5 Å². The third-order valence-corrected chi connectivity index (χ3v) is 3.68. The van der Waals surface area contributed by atoms with E-state index in [2.05, 4.69) is 10.3 Å². The third kappa shape index (κ3) is 2.80. The number of nitrogens with one attached hydrogen (secondary N) is 1. The second-order valence-corrected chi connectivity index (χ2v) is 5.08. The molecular formula is C12H11ClN2O2S. The molecule has 2 heterocycles. The summed E-state index contributed by atoms with van der Waals surface area (Å²) in [6.45, 7) is 1.94. The van der Waals surface area contributed by atoms with Crippen LogP contribution in [-0.4, -0.2) is 16.1 Å². The fourth-order valence-electron chi connectivity index (χ4n) is 1.53. The van der Waals surface area contributed by atoms with Gasteiger partial charge in [0.05, 0.1) is 6.04 Å². The number of carboxylic acid groups (broad SMARTS) is 1. The number of hydrogen-bond acceptors (Lipinski definition) is 4. The van der Waals surface area contributed by atoms with E-state index in [-0.39, 0.29) is 22.6 Å². The second-order valence-electron chi connectivity index (χ2n) is 3.72. The number of anilines is 1. The topological polar surface area (TPSA) is 62.2 Å². The summed E-state index contributed by atoms with van der Waals surface area (Å²) in [4.78, 5) is 16.2. The fourth-order valence-corrected chi connectivity index (χ4v) is 2.41. The van der Waals surface area contributed by atoms with Crippen LogP contribution in [0.5, 0.6) is 0 Å². The van der Waals surface area contributed by atoms with Gasteiger partial charge in [0, 0.05) is 4.88 Å². The van der Waals surface area contributed by atoms with Crippen LogP contribution in [0.2, 0.25) is 5.15 Å². The molecule has 1 unspecified atom stereocenters. The van der Waals surface area contributed by atoms with Crippen molar-refractivity contribution in [2.24, 2.45) is 0 Å². The Balaban J connectivity index is 2.28. The van der Waals surface area contributed by atoms with Crippen LogP contribution < -0.4 is 5.32 Å². The third-order valence-electron chi connectivity index (χ3n) is 2.41. The smallest absolute Gasteiger partial charge is 0.339 e. The van der Waals surface area contributed by atoms with Crippen LogP contribution in [0.4, 0.5) is 5.82 Å². The van der Waals surface area contributed by atoms with Crippen LogP contribution >= 0.6 is 22.9 Å². The molecule has 0 saturated carbocycles. The maximum atomic E-state index is 11.1. The molecule has 0 radical (unpaired) electrons. The summed E-state index contributed by atoms with van der Waals surface area (Å²) in [5.74, 6) is -0.740. The van der Waals surface area contributed by atoms with E-state index >= 15 is 0 Å². The standard InChI is InChI=1S/C12H11ClN2O2S/c1-7(9-3-2-6-18-9)14-11-8(12(16)17)4-5-10(13)15-11/h2-7H,1H3,(H,14,15)(H,16,17). The van der Waals surface area contributed by atoms with Gasteiger partial charge in [-0.3, -0.25) is 0 Å². The van der Waals surface area contributed by atoms with Gasteiger partial charge >= 0.3 is 5.97 Å². The predicted octanol–water partition coefficient (Wildman–Crippen LogP) is 3.67. The Morgan fingerprint density at radius 3 is 2.89 bits per heavy atom. The van der Waals surface area contributed by atoms with Crippen LogP contribution in [0.25, 0.3) is 0 Å². The molecule has 2 N–H and O–H groups in total. The summed E-state index contributed by atoms with van der Waals surface area (Å²) in [5, 5.41) is 14.4. The minimum Gasteiger partial charge on any atom is -0.478 e. The van der Waals surface area contributed by atoms with Gasteiger partial charge in [0.2, 0.25) is 0 Å². The first kappa shape index (κ1) is 12.9. The first-order valence-electron chi connectivity index (χ1n) is 5.27. The Hall–Kier alpha value is -1.59. The monoisotopic (exact) mass is 282 g/mol. The van der Waals surface area contributed by atoms with Gasteiger partial charge < -0.3 is 10.4 Å². The van der Waals surface area contributed by atoms with Crippen LogP contribution in [0.15, 0.2) is 29.6 Å². The number of aromatic nitrogens is 1. The van der Waals surface area contributed by atoms with E-state index in [4.69, 9.17) is 16.7 Å². The van der Waals surface area contributed by atoms with Crippen LogP contribution in [-0.2, 0) is 0 Å². The fraction of sp³-hybridized carbons (Fsp3) is 0.167. The molecule has 0 aliphatic carbocycles. The molecule has 0 fully saturated rings. The highest BCUT2D eigenvalue weighted by atomic mass is 35.5. The van der Waals surface area contributed by atoms with Crippen LogP contribution in [0.1, 0.15) is 28.2 Å². The highest BCUT2D eigenvalue weighted by Crippen LogP contribution is 2.25. The summed E-state index contributed by atoms with van der Waals surface area (Å²) >= 11 is 7.39. The van der Waals surface area contributed by atoms with E-state index in [1.807, 2.05) is 24.4 Å². The maximum Gasteiger partial charge on any atom is 0.339 e. The van der Waals surface area contributed by atoms with Crippen molar-refractivity contribution in [3.8, 4) is 0 Å². The molecule has 0 bridgehead atoms. The first-order chi connectivity index (χ1) is 8.58. The number of thiophene rings is 1. The van der Waals surface area contributed by atoms with E-state index < -0.39 is 5.97 Å². The highest BCUT2D eigenvalue weighted by molar-refractivity contribution is 7.10. The van der Waals surface area contributed by atoms with Crippen molar-refractivity contribution in [1.29, 1.82) is 0 Å². The molecule has 1 atom stereocenters. The van der Waals surface area contributed by atoms with Crippen molar-refractivity contribution < 1.29 is 9.90 Å². The quantitative estimate of drug-likeness (QED) is 0.840. The molecule has 2 rings (SSSR count). The largest absolute Gasteiger partial charge is 0.478 e. The van der Waals surface area contributed by atoms with Gasteiger partial charge in [0.25, 0.3) is 0 Å². The van der Waals surface area contributed by atoms with Crippen molar-refractivity contribution in [3.63, 3.8) is 0 Å². The number of hydrogen-bond donors (Lipinski definition) is 2. The molecule has 94 valence electrons. The first-order valence-corrected chi connectivity index (χ1v) is 6.53.